The normalized spacial score (nSPS) is 18.8. The SMILES string of the molecule is C1CCC([PH+](C2CCCCC2)C2CCCCC2)CC1.C=CCC(F)(F)C=C.Cc1cc(C)c(N2[CH-]N(c3c(C)cc(C)cc3C)CC2)c(C)c1.FC1(F)C=CC1.[Cl][Ru]([Cl])=[CH]c1ccccc1. The summed E-state index contributed by atoms with van der Waals surface area (Å²) in [5, 5.41) is 0. The van der Waals surface area contributed by atoms with Crippen LogP contribution in [0.2, 0.25) is 0 Å². The van der Waals surface area contributed by atoms with E-state index in [0.717, 1.165) is 24.7 Å². The van der Waals surface area contributed by atoms with E-state index in [1.54, 1.807) is 96.3 Å². The molecule has 0 radical (unpaired) electrons. The summed E-state index contributed by atoms with van der Waals surface area (Å²) in [6, 6.07) is 19.0. The molecule has 1 saturated heterocycles. The van der Waals surface area contributed by atoms with Crippen molar-refractivity contribution in [2.45, 2.75) is 180 Å². The summed E-state index contributed by atoms with van der Waals surface area (Å²) in [6.07, 6.45) is 27.6. The van der Waals surface area contributed by atoms with Crippen LogP contribution >= 0.6 is 27.3 Å². The Labute approximate surface area is 412 Å². The minimum absolute atomic E-state index is 0.0465. The molecule has 4 aliphatic carbocycles. The number of hydrogen-bond acceptors (Lipinski definition) is 2. The number of anilines is 2. The van der Waals surface area contributed by atoms with Crippen LogP contribution in [-0.4, -0.2) is 46.5 Å². The van der Waals surface area contributed by atoms with Crippen molar-refractivity contribution in [3.63, 3.8) is 0 Å². The number of aryl methyl sites for hydroxylation is 6. The van der Waals surface area contributed by atoms with E-state index < -0.39 is 25.4 Å². The molecule has 1 heterocycles. The zero-order chi connectivity index (χ0) is 48.3. The van der Waals surface area contributed by atoms with Crippen molar-refractivity contribution in [3.05, 3.63) is 138 Å². The molecule has 5 aliphatic rings. The van der Waals surface area contributed by atoms with E-state index in [1.165, 1.54) is 73.9 Å². The third-order valence-corrected chi connectivity index (χ3v) is 19.8. The van der Waals surface area contributed by atoms with Crippen LogP contribution in [0, 0.1) is 48.2 Å². The van der Waals surface area contributed by atoms with Crippen molar-refractivity contribution < 1.29 is 31.1 Å². The van der Waals surface area contributed by atoms with Crippen molar-refractivity contribution in [1.29, 1.82) is 0 Å². The first-order chi connectivity index (χ1) is 31.4. The van der Waals surface area contributed by atoms with E-state index in [1.807, 2.05) is 34.9 Å². The van der Waals surface area contributed by atoms with Crippen molar-refractivity contribution in [3.8, 4) is 0 Å². The maximum atomic E-state index is 12.0. The second kappa shape index (κ2) is 28.4. The Morgan fingerprint density at radius 3 is 1.32 bits per heavy atom. The van der Waals surface area contributed by atoms with Gasteiger partial charge in [-0.1, -0.05) is 73.4 Å². The first-order valence-corrected chi connectivity index (χ1v) is 31.6. The van der Waals surface area contributed by atoms with Gasteiger partial charge in [0.25, 0.3) is 11.8 Å². The zero-order valence-corrected chi connectivity index (χ0v) is 45.0. The number of alkyl halides is 4. The van der Waals surface area contributed by atoms with Gasteiger partial charge < -0.3 is 9.80 Å². The van der Waals surface area contributed by atoms with Crippen LogP contribution in [0.5, 0.6) is 0 Å². The molecule has 3 aromatic rings. The predicted octanol–water partition coefficient (Wildman–Crippen LogP) is 17.9. The summed E-state index contributed by atoms with van der Waals surface area (Å²) in [4.78, 5) is 4.81. The molecule has 0 N–H and O–H groups in total. The summed E-state index contributed by atoms with van der Waals surface area (Å²) in [5.74, 6) is -5.22. The molecule has 0 aromatic heterocycles. The van der Waals surface area contributed by atoms with E-state index in [2.05, 4.69) is 95.4 Å². The zero-order valence-electron chi connectivity index (χ0n) is 40.8. The number of benzene rings is 3. The molecule has 0 unspecified atom stereocenters. The molecule has 0 amide bonds. The summed E-state index contributed by atoms with van der Waals surface area (Å²) < 4.78 is 48.8. The fourth-order valence-corrected chi connectivity index (χ4v) is 17.6. The fraction of sp³-hybridized carbons (Fsp3) is 0.536. The Bertz CT molecular complexity index is 1850. The van der Waals surface area contributed by atoms with Crippen LogP contribution < -0.4 is 9.80 Å². The Hall–Kier alpha value is -2.30. The summed E-state index contributed by atoms with van der Waals surface area (Å²) >= 11 is -1.61. The quantitative estimate of drug-likeness (QED) is 0.0693. The number of rotatable bonds is 9. The molecular weight excluding hydrogens is 980 g/mol. The number of hydrogen-bond donors (Lipinski definition) is 0. The van der Waals surface area contributed by atoms with E-state index in [0.29, 0.717) is 6.08 Å². The van der Waals surface area contributed by atoms with Gasteiger partial charge in [0.15, 0.2) is 0 Å². The van der Waals surface area contributed by atoms with Gasteiger partial charge >= 0.3 is 73.4 Å². The Kier molecular flexibility index (Phi) is 24.2. The third kappa shape index (κ3) is 18.9. The fourth-order valence-electron chi connectivity index (χ4n) is 10.6. The van der Waals surface area contributed by atoms with E-state index in [9.17, 15) is 17.6 Å². The Balaban J connectivity index is 0.000000197. The first-order valence-electron chi connectivity index (χ1n) is 24.4. The minimum atomic E-state index is -2.76. The van der Waals surface area contributed by atoms with Crippen LogP contribution in [0.25, 0.3) is 0 Å². The molecule has 0 spiro atoms. The predicted molar refractivity (Wildman–Crippen MR) is 281 cm³/mol. The number of halogens is 6. The van der Waals surface area contributed by atoms with Crippen molar-refractivity contribution in [2.24, 2.45) is 0 Å². The molecule has 10 heteroatoms. The van der Waals surface area contributed by atoms with Crippen molar-refractivity contribution in [1.82, 2.24) is 0 Å². The van der Waals surface area contributed by atoms with Gasteiger partial charge in [0.1, 0.15) is 0 Å². The second-order valence-corrected chi connectivity index (χ2v) is 28.2. The standard InChI is InChI=1S/C21H27N2.C18H33P.C7H6.C6H8F2.C4H4F2.2ClH.Ru/c1-14-9-16(3)20(17(4)10-14)22-7-8-23(13-22)21-18(5)11-15(2)12-19(21)6;1-4-10-16(11-5-1)19(17-12-6-2-7-13-17)18-14-8-3-9-15-18;1-7-5-3-2-4-6-7;1-3-5-6(7,8)4-2;5-4(6)2-1-3-4;;;/h9-13H,7-8H2,1-6H3;16-18H,1-15H2;1-6H;3-4H,1-2,5H2;1-2H,3H2;2*1H;/q-1;;;;;;;+2/p-1. The number of nitrogens with zero attached hydrogens (tertiary/aromatic N) is 2. The molecule has 0 atom stereocenters. The maximum absolute atomic E-state index is 12.0. The van der Waals surface area contributed by atoms with Gasteiger partial charge in [-0.3, -0.25) is 0 Å². The van der Waals surface area contributed by atoms with Crippen LogP contribution in [0.1, 0.15) is 148 Å². The van der Waals surface area contributed by atoms with Gasteiger partial charge in [0.2, 0.25) is 0 Å². The summed E-state index contributed by atoms with van der Waals surface area (Å²) in [6.45, 7) is 23.7. The van der Waals surface area contributed by atoms with E-state index >= 15 is 0 Å². The average molecular weight is 1060 g/mol. The molecule has 1 aliphatic heterocycles. The van der Waals surface area contributed by atoms with Crippen molar-refractivity contribution in [2.75, 3.05) is 22.9 Å². The number of allylic oxidation sites excluding steroid dienone is 4. The molecule has 368 valence electrons. The van der Waals surface area contributed by atoms with Gasteiger partial charge in [-0.05, 0) is 153 Å². The monoisotopic (exact) mass is 1060 g/mol. The van der Waals surface area contributed by atoms with Gasteiger partial charge in [0.05, 0.1) is 17.0 Å². The third-order valence-electron chi connectivity index (χ3n) is 13.4. The molecule has 66 heavy (non-hydrogen) atoms. The van der Waals surface area contributed by atoms with Gasteiger partial charge in [0, 0.05) is 45.2 Å². The summed E-state index contributed by atoms with van der Waals surface area (Å²) in [5.41, 5.74) is 15.6. The van der Waals surface area contributed by atoms with Crippen LogP contribution in [0.3, 0.4) is 0 Å². The molecule has 0 bridgehead atoms. The molecule has 2 nitrogen and oxygen atoms in total. The van der Waals surface area contributed by atoms with Crippen LogP contribution in [0.15, 0.2) is 92.1 Å². The first kappa shape index (κ1) is 56.3. The topological polar surface area (TPSA) is 6.48 Å². The molecular formula is C56H79Cl2F4N2PRu. The Morgan fingerprint density at radius 2 is 1.05 bits per heavy atom. The molecule has 8 rings (SSSR count). The Morgan fingerprint density at radius 1 is 0.682 bits per heavy atom. The molecule has 4 fully saturated rings. The molecule has 3 aromatic carbocycles. The van der Waals surface area contributed by atoms with Crippen molar-refractivity contribution >= 4 is 43.3 Å². The van der Waals surface area contributed by atoms with E-state index in [4.69, 9.17) is 19.4 Å². The second-order valence-electron chi connectivity index (χ2n) is 19.0. The van der Waals surface area contributed by atoms with Gasteiger partial charge in [-0.15, -0.1) is 6.58 Å². The molecule has 3 saturated carbocycles. The van der Waals surface area contributed by atoms with Crippen LogP contribution in [0.4, 0.5) is 28.9 Å². The average Bonchev–Trinajstić information content (AvgIpc) is 3.73. The van der Waals surface area contributed by atoms with Gasteiger partial charge in [-0.2, -0.15) is 6.67 Å². The van der Waals surface area contributed by atoms with Gasteiger partial charge in [-0.25, -0.2) is 17.6 Å². The van der Waals surface area contributed by atoms with E-state index in [-0.39, 0.29) is 20.8 Å². The summed E-state index contributed by atoms with van der Waals surface area (Å²) in [7, 11) is 11.3. The van der Waals surface area contributed by atoms with Crippen LogP contribution in [-0.2, 0) is 13.5 Å².